The molecular formula is C21H23F3N6O2. The van der Waals surface area contributed by atoms with Gasteiger partial charge in [-0.05, 0) is 32.0 Å². The Morgan fingerprint density at radius 3 is 2.75 bits per heavy atom. The average Bonchev–Trinajstić information content (AvgIpc) is 3.46. The summed E-state index contributed by atoms with van der Waals surface area (Å²) in [5, 5.41) is 15.1. The van der Waals surface area contributed by atoms with Crippen LogP contribution >= 0.6 is 0 Å². The molecule has 0 amide bonds. The summed E-state index contributed by atoms with van der Waals surface area (Å²) in [6.45, 7) is 0.598. The number of imidazole rings is 1. The quantitative estimate of drug-likeness (QED) is 0.541. The van der Waals surface area contributed by atoms with Gasteiger partial charge in [0.1, 0.15) is 17.0 Å². The van der Waals surface area contributed by atoms with E-state index in [2.05, 4.69) is 25.6 Å². The number of benzene rings is 1. The maximum atomic E-state index is 14.4. The Hall–Kier alpha value is -2.92. The molecule has 5 atom stereocenters. The number of aromatic nitrogens is 4. The molecule has 3 heterocycles. The van der Waals surface area contributed by atoms with Gasteiger partial charge < -0.3 is 20.5 Å². The Bertz CT molecular complexity index is 1370. The van der Waals surface area contributed by atoms with Gasteiger partial charge in [-0.1, -0.05) is 0 Å². The van der Waals surface area contributed by atoms with Crippen molar-refractivity contribution < 1.29 is 31.2 Å². The third-order valence-corrected chi connectivity index (χ3v) is 5.10. The second-order valence-corrected chi connectivity index (χ2v) is 7.32. The van der Waals surface area contributed by atoms with Crippen molar-refractivity contribution in [1.82, 2.24) is 19.5 Å². The molecule has 0 bridgehead atoms. The molecule has 1 aromatic carbocycles. The molecule has 5 unspecified atom stereocenters. The van der Waals surface area contributed by atoms with E-state index in [4.69, 9.17) is 13.0 Å². The molecule has 1 saturated heterocycles. The molecular weight excluding hydrogens is 425 g/mol. The summed E-state index contributed by atoms with van der Waals surface area (Å²) in [6, 6.07) is -1.87. The first-order valence-corrected chi connectivity index (χ1v) is 9.84. The highest BCUT2D eigenvalue weighted by Gasteiger charge is 2.27. The number of ether oxygens (including phenoxy) is 1. The summed E-state index contributed by atoms with van der Waals surface area (Å²) in [7, 11) is 0. The van der Waals surface area contributed by atoms with E-state index in [0.717, 1.165) is 0 Å². The van der Waals surface area contributed by atoms with Gasteiger partial charge in [-0.25, -0.2) is 23.1 Å². The molecule has 1 aliphatic carbocycles. The fourth-order valence-corrected chi connectivity index (χ4v) is 3.58. The van der Waals surface area contributed by atoms with Crippen LogP contribution in [0, 0.1) is 17.5 Å². The molecule has 8 nitrogen and oxygen atoms in total. The van der Waals surface area contributed by atoms with Crippen LogP contribution in [-0.4, -0.2) is 49.9 Å². The minimum Gasteiger partial charge on any atom is -0.393 e. The zero-order chi connectivity index (χ0) is 27.6. The first-order valence-electron chi connectivity index (χ1n) is 13.0. The zero-order valence-corrected chi connectivity index (χ0v) is 16.6. The van der Waals surface area contributed by atoms with Gasteiger partial charge in [0, 0.05) is 30.2 Å². The highest BCUT2D eigenvalue weighted by Crippen LogP contribution is 2.32. The van der Waals surface area contributed by atoms with Crippen LogP contribution in [-0.2, 0) is 4.74 Å². The Labute approximate surface area is 190 Å². The number of anilines is 3. The Morgan fingerprint density at radius 2 is 2.00 bits per heavy atom. The van der Waals surface area contributed by atoms with Crippen molar-refractivity contribution in [2.24, 2.45) is 0 Å². The van der Waals surface area contributed by atoms with Crippen LogP contribution in [0.25, 0.3) is 11.2 Å². The standard InChI is InChI=1S/C21H23F3N6O2/c22-11-7-15(23)18(16(24)8-11)28-21-27-17-9-25-20(26-12-1-3-14(31)4-2-12)29-19(17)30(21)13-5-6-32-10-13/h7-9,12-14,31H,1-6,10H2,(H,27,28)(H,25,26,29)/i1D,2D2,4D,12D,14D. The lowest BCUT2D eigenvalue weighted by atomic mass is 9.93. The first-order chi connectivity index (χ1) is 17.7. The largest absolute Gasteiger partial charge is 0.393 e. The molecule has 2 fully saturated rings. The van der Waals surface area contributed by atoms with E-state index in [1.807, 2.05) is 0 Å². The number of rotatable bonds is 5. The predicted octanol–water partition coefficient (Wildman–Crippen LogP) is 3.66. The number of halogens is 3. The number of nitrogens with one attached hydrogen (secondary N) is 2. The Kier molecular flexibility index (Phi) is 4.01. The van der Waals surface area contributed by atoms with Gasteiger partial charge in [-0.2, -0.15) is 4.98 Å². The molecule has 1 saturated carbocycles. The van der Waals surface area contributed by atoms with Crippen LogP contribution in [0.5, 0.6) is 0 Å². The highest BCUT2D eigenvalue weighted by molar-refractivity contribution is 5.76. The van der Waals surface area contributed by atoms with Crippen LogP contribution < -0.4 is 10.6 Å². The summed E-state index contributed by atoms with van der Waals surface area (Å²) in [5.74, 6) is -3.82. The van der Waals surface area contributed by atoms with E-state index in [1.165, 1.54) is 10.8 Å². The molecule has 3 aromatic rings. The summed E-state index contributed by atoms with van der Waals surface area (Å²) < 4.78 is 98.4. The van der Waals surface area contributed by atoms with E-state index in [0.29, 0.717) is 25.2 Å². The molecule has 2 aliphatic rings. The molecule has 0 spiro atoms. The van der Waals surface area contributed by atoms with Crippen LogP contribution in [0.1, 0.15) is 46.3 Å². The second kappa shape index (κ2) is 8.55. The monoisotopic (exact) mass is 454 g/mol. The van der Waals surface area contributed by atoms with Crippen molar-refractivity contribution in [2.75, 3.05) is 23.8 Å². The van der Waals surface area contributed by atoms with Crippen LogP contribution in [0.3, 0.4) is 0 Å². The molecule has 5 rings (SSSR count). The van der Waals surface area contributed by atoms with Gasteiger partial charge in [0.2, 0.25) is 11.9 Å². The van der Waals surface area contributed by atoms with E-state index in [1.54, 1.807) is 0 Å². The van der Waals surface area contributed by atoms with Crippen LogP contribution in [0.2, 0.25) is 0 Å². The fourth-order valence-electron chi connectivity index (χ4n) is 3.58. The molecule has 1 aliphatic heterocycles. The van der Waals surface area contributed by atoms with Crippen molar-refractivity contribution >= 4 is 28.7 Å². The van der Waals surface area contributed by atoms with E-state index < -0.39 is 60.8 Å². The van der Waals surface area contributed by atoms with E-state index in [9.17, 15) is 18.3 Å². The molecule has 170 valence electrons. The number of hydrogen-bond acceptors (Lipinski definition) is 7. The van der Waals surface area contributed by atoms with Crippen LogP contribution in [0.15, 0.2) is 18.3 Å². The Balaban J connectivity index is 1.57. The lowest BCUT2D eigenvalue weighted by Gasteiger charge is -2.26. The number of fused-ring (bicyclic) bond motifs is 1. The number of nitrogens with zero attached hydrogens (tertiary/aromatic N) is 4. The Morgan fingerprint density at radius 1 is 1.19 bits per heavy atom. The molecule has 3 N–H and O–H groups in total. The van der Waals surface area contributed by atoms with Crippen molar-refractivity contribution in [1.29, 1.82) is 0 Å². The normalized spacial score (nSPS) is 37.1. The second-order valence-electron chi connectivity index (χ2n) is 7.32. The minimum absolute atomic E-state index is 0.0520. The summed E-state index contributed by atoms with van der Waals surface area (Å²) in [6.07, 6.45) is -8.13. The zero-order valence-electron chi connectivity index (χ0n) is 22.6. The van der Waals surface area contributed by atoms with Gasteiger partial charge >= 0.3 is 0 Å². The van der Waals surface area contributed by atoms with Gasteiger partial charge in [0.15, 0.2) is 17.3 Å². The third kappa shape index (κ3) is 4.09. The highest BCUT2D eigenvalue weighted by atomic mass is 19.1. The SMILES string of the molecule is [2H]C1C([2H])(O)CC([2H])C([2H])(Nc2ncc3nc(Nc4c(F)cc(F)cc4F)n(C4CCOC4)c3n2)C1([2H])[2H]. The maximum Gasteiger partial charge on any atom is 0.224 e. The third-order valence-electron chi connectivity index (χ3n) is 5.10. The summed E-state index contributed by atoms with van der Waals surface area (Å²) in [5.41, 5.74) is -0.348. The lowest BCUT2D eigenvalue weighted by Crippen LogP contribution is -2.29. The van der Waals surface area contributed by atoms with Gasteiger partial charge in [-0.3, -0.25) is 4.57 Å². The summed E-state index contributed by atoms with van der Waals surface area (Å²) in [4.78, 5) is 12.7. The number of hydrogen-bond donors (Lipinski definition) is 3. The molecule has 11 heteroatoms. The van der Waals surface area contributed by atoms with Gasteiger partial charge in [-0.15, -0.1) is 0 Å². The van der Waals surface area contributed by atoms with Crippen LogP contribution in [0.4, 0.5) is 30.8 Å². The smallest absolute Gasteiger partial charge is 0.224 e. The van der Waals surface area contributed by atoms with Gasteiger partial charge in [0.05, 0.1) is 27.7 Å². The van der Waals surface area contributed by atoms with Gasteiger partial charge in [0.25, 0.3) is 0 Å². The molecule has 2 aromatic heterocycles. The topological polar surface area (TPSA) is 97.1 Å². The lowest BCUT2D eigenvalue weighted by molar-refractivity contribution is 0.126. The summed E-state index contributed by atoms with van der Waals surface area (Å²) >= 11 is 0. The van der Waals surface area contributed by atoms with E-state index in [-0.39, 0.29) is 35.7 Å². The maximum absolute atomic E-state index is 14.4. The van der Waals surface area contributed by atoms with Crippen molar-refractivity contribution in [2.45, 2.75) is 50.1 Å². The van der Waals surface area contributed by atoms with Crippen molar-refractivity contribution in [3.8, 4) is 0 Å². The first kappa shape index (κ1) is 15.0. The van der Waals surface area contributed by atoms with E-state index >= 15 is 0 Å². The molecule has 0 radical (unpaired) electrons. The average molecular weight is 454 g/mol. The van der Waals surface area contributed by atoms with Crippen molar-refractivity contribution in [3.05, 3.63) is 35.8 Å². The number of aliphatic hydroxyl groups is 1. The minimum atomic E-state index is -2.86. The predicted molar refractivity (Wildman–Crippen MR) is 111 cm³/mol. The molecule has 32 heavy (non-hydrogen) atoms. The fraction of sp³-hybridized carbons (Fsp3) is 0.476. The van der Waals surface area contributed by atoms with Crippen molar-refractivity contribution in [3.63, 3.8) is 0 Å².